The van der Waals surface area contributed by atoms with Crippen LogP contribution in [0.5, 0.6) is 0 Å². The molecule has 3 N–H and O–H groups in total. The first-order chi connectivity index (χ1) is 7.04. The predicted octanol–water partition coefficient (Wildman–Crippen LogP) is 2.16. The van der Waals surface area contributed by atoms with Crippen LogP contribution in [0.1, 0.15) is 40.0 Å². The van der Waals surface area contributed by atoms with Crippen molar-refractivity contribution in [3.05, 3.63) is 0 Å². The molecule has 3 aliphatic rings. The lowest BCUT2D eigenvalue weighted by Crippen LogP contribution is -2.47. The highest BCUT2D eigenvalue weighted by atomic mass is 15.2. The van der Waals surface area contributed by atoms with Gasteiger partial charge in [-0.3, -0.25) is 11.3 Å². The molecule has 0 heterocycles. The average molecular weight is 208 g/mol. The summed E-state index contributed by atoms with van der Waals surface area (Å²) >= 11 is 0. The van der Waals surface area contributed by atoms with Gasteiger partial charge in [-0.1, -0.05) is 20.8 Å². The third kappa shape index (κ3) is 1.31. The maximum Gasteiger partial charge on any atom is 0.0292 e. The van der Waals surface area contributed by atoms with Gasteiger partial charge in [0.1, 0.15) is 0 Å². The van der Waals surface area contributed by atoms with Gasteiger partial charge >= 0.3 is 0 Å². The van der Waals surface area contributed by atoms with E-state index in [1.54, 1.807) is 0 Å². The first kappa shape index (κ1) is 10.1. The van der Waals surface area contributed by atoms with Gasteiger partial charge in [-0.2, -0.15) is 0 Å². The van der Waals surface area contributed by atoms with Crippen LogP contribution in [0.4, 0.5) is 0 Å². The second-order valence-electron chi connectivity index (χ2n) is 7.08. The van der Waals surface area contributed by atoms with E-state index < -0.39 is 0 Å². The molecule has 5 atom stereocenters. The Labute approximate surface area is 93.0 Å². The summed E-state index contributed by atoms with van der Waals surface area (Å²) in [6, 6.07) is 0.524. The van der Waals surface area contributed by atoms with E-state index in [0.29, 0.717) is 11.5 Å². The lowest BCUT2D eigenvalue weighted by atomic mass is 9.81. The lowest BCUT2D eigenvalue weighted by molar-refractivity contribution is 0.212. The number of nitrogens with two attached hydrogens (primary N) is 1. The van der Waals surface area contributed by atoms with Gasteiger partial charge in [0.15, 0.2) is 0 Å². The number of fused-ring (bicyclic) bond motifs is 5. The Morgan fingerprint density at radius 2 is 1.67 bits per heavy atom. The molecule has 2 nitrogen and oxygen atoms in total. The van der Waals surface area contributed by atoms with Crippen LogP contribution in [0.15, 0.2) is 0 Å². The molecule has 3 saturated carbocycles. The molecule has 2 heteroatoms. The number of hydrazine groups is 1. The van der Waals surface area contributed by atoms with Crippen molar-refractivity contribution < 1.29 is 0 Å². The molecule has 2 bridgehead atoms. The molecule has 3 fully saturated rings. The van der Waals surface area contributed by atoms with Gasteiger partial charge in [-0.05, 0) is 54.3 Å². The van der Waals surface area contributed by atoms with Crippen molar-refractivity contribution in [3.8, 4) is 0 Å². The van der Waals surface area contributed by atoms with Crippen LogP contribution in [-0.2, 0) is 0 Å². The van der Waals surface area contributed by atoms with Gasteiger partial charge < -0.3 is 0 Å². The van der Waals surface area contributed by atoms with E-state index in [9.17, 15) is 0 Å². The Morgan fingerprint density at radius 1 is 1.13 bits per heavy atom. The zero-order chi connectivity index (χ0) is 10.8. The monoisotopic (exact) mass is 208 g/mol. The second kappa shape index (κ2) is 2.98. The Morgan fingerprint density at radius 3 is 2.07 bits per heavy atom. The zero-order valence-corrected chi connectivity index (χ0v) is 10.2. The smallest absolute Gasteiger partial charge is 0.0292 e. The van der Waals surface area contributed by atoms with E-state index in [2.05, 4.69) is 26.2 Å². The highest BCUT2D eigenvalue weighted by Gasteiger charge is 2.67. The SMILES string of the molecule is CC(C)(C)C(NN)C1C2C3CCC(C3)C21. The molecule has 0 aromatic heterocycles. The van der Waals surface area contributed by atoms with E-state index >= 15 is 0 Å². The van der Waals surface area contributed by atoms with Gasteiger partial charge in [-0.15, -0.1) is 0 Å². The Balaban J connectivity index is 1.76. The molecular weight excluding hydrogens is 184 g/mol. The molecule has 0 saturated heterocycles. The largest absolute Gasteiger partial charge is 0.271 e. The van der Waals surface area contributed by atoms with E-state index in [4.69, 9.17) is 5.84 Å². The third-order valence-electron chi connectivity index (χ3n) is 5.29. The maximum atomic E-state index is 5.76. The zero-order valence-electron chi connectivity index (χ0n) is 10.2. The number of hydrogen-bond donors (Lipinski definition) is 2. The molecule has 15 heavy (non-hydrogen) atoms. The summed E-state index contributed by atoms with van der Waals surface area (Å²) in [4.78, 5) is 0. The quantitative estimate of drug-likeness (QED) is 0.539. The minimum Gasteiger partial charge on any atom is -0.271 e. The van der Waals surface area contributed by atoms with Gasteiger partial charge in [-0.25, -0.2) is 0 Å². The van der Waals surface area contributed by atoms with Crippen molar-refractivity contribution in [1.29, 1.82) is 0 Å². The summed E-state index contributed by atoms with van der Waals surface area (Å²) in [5.74, 6) is 10.8. The van der Waals surface area contributed by atoms with Crippen molar-refractivity contribution in [2.24, 2.45) is 40.8 Å². The lowest BCUT2D eigenvalue weighted by Gasteiger charge is -2.32. The molecule has 0 aliphatic heterocycles. The van der Waals surface area contributed by atoms with Crippen LogP contribution in [0.2, 0.25) is 0 Å². The summed E-state index contributed by atoms with van der Waals surface area (Å²) in [7, 11) is 0. The minimum absolute atomic E-state index is 0.309. The number of nitrogens with one attached hydrogen (secondary N) is 1. The van der Waals surface area contributed by atoms with Crippen LogP contribution in [-0.4, -0.2) is 6.04 Å². The summed E-state index contributed by atoms with van der Waals surface area (Å²) in [5, 5.41) is 0. The van der Waals surface area contributed by atoms with Gasteiger partial charge in [0.2, 0.25) is 0 Å². The van der Waals surface area contributed by atoms with Crippen molar-refractivity contribution in [2.75, 3.05) is 0 Å². The summed E-state index contributed by atoms with van der Waals surface area (Å²) in [6.45, 7) is 6.94. The second-order valence-corrected chi connectivity index (χ2v) is 7.08. The highest BCUT2D eigenvalue weighted by molar-refractivity contribution is 5.16. The first-order valence-electron chi connectivity index (χ1n) is 6.50. The summed E-state index contributed by atoms with van der Waals surface area (Å²) in [6.07, 6.45) is 4.54. The van der Waals surface area contributed by atoms with Crippen LogP contribution in [0, 0.1) is 35.0 Å². The van der Waals surface area contributed by atoms with Gasteiger partial charge in [0.25, 0.3) is 0 Å². The molecule has 86 valence electrons. The minimum atomic E-state index is 0.309. The molecule has 0 amide bonds. The van der Waals surface area contributed by atoms with Crippen LogP contribution >= 0.6 is 0 Å². The highest BCUT2D eigenvalue weighted by Crippen LogP contribution is 2.71. The molecule has 0 aromatic carbocycles. The fourth-order valence-corrected chi connectivity index (χ4v) is 4.78. The van der Waals surface area contributed by atoms with Crippen LogP contribution in [0.25, 0.3) is 0 Å². The number of rotatable bonds is 2. The van der Waals surface area contributed by atoms with Crippen molar-refractivity contribution in [1.82, 2.24) is 5.43 Å². The summed E-state index contributed by atoms with van der Waals surface area (Å²) < 4.78 is 0. The van der Waals surface area contributed by atoms with Gasteiger partial charge in [0, 0.05) is 6.04 Å². The van der Waals surface area contributed by atoms with E-state index in [1.165, 1.54) is 19.3 Å². The standard InChI is InChI=1S/C13H24N2/c1-13(2,3)12(15-14)11-9-7-4-5-8(6-7)10(9)11/h7-12,15H,4-6,14H2,1-3H3. The predicted molar refractivity (Wildman–Crippen MR) is 61.9 cm³/mol. The molecule has 0 radical (unpaired) electrons. The Bertz CT molecular complexity index is 252. The van der Waals surface area contributed by atoms with Crippen molar-refractivity contribution in [2.45, 2.75) is 46.1 Å². The van der Waals surface area contributed by atoms with Crippen LogP contribution in [0.3, 0.4) is 0 Å². The average Bonchev–Trinajstić information content (AvgIpc) is 2.55. The van der Waals surface area contributed by atoms with Crippen molar-refractivity contribution >= 4 is 0 Å². The van der Waals surface area contributed by atoms with Crippen LogP contribution < -0.4 is 11.3 Å². The van der Waals surface area contributed by atoms with E-state index in [1.807, 2.05) is 0 Å². The molecule has 0 spiro atoms. The molecule has 3 rings (SSSR count). The molecular formula is C13H24N2. The number of hydrogen-bond acceptors (Lipinski definition) is 2. The fourth-order valence-electron chi connectivity index (χ4n) is 4.78. The fraction of sp³-hybridized carbons (Fsp3) is 1.00. The van der Waals surface area contributed by atoms with E-state index in [0.717, 1.165) is 29.6 Å². The molecule has 5 unspecified atom stereocenters. The Hall–Kier alpha value is -0.0800. The molecule has 3 aliphatic carbocycles. The van der Waals surface area contributed by atoms with Gasteiger partial charge in [0.05, 0.1) is 0 Å². The normalized spacial score (nSPS) is 49.2. The van der Waals surface area contributed by atoms with Crippen molar-refractivity contribution in [3.63, 3.8) is 0 Å². The third-order valence-corrected chi connectivity index (χ3v) is 5.29. The van der Waals surface area contributed by atoms with E-state index in [-0.39, 0.29) is 0 Å². The summed E-state index contributed by atoms with van der Waals surface area (Å²) in [5.41, 5.74) is 3.41. The first-order valence-corrected chi connectivity index (χ1v) is 6.50. The Kier molecular flexibility index (Phi) is 2.01. The maximum absolute atomic E-state index is 5.76. The topological polar surface area (TPSA) is 38.0 Å². The molecule has 0 aromatic rings.